The van der Waals surface area contributed by atoms with Crippen molar-refractivity contribution in [3.05, 3.63) is 255 Å². The number of nitro benzene ring substituents is 1. The van der Waals surface area contributed by atoms with E-state index in [4.69, 9.17) is 4.74 Å². The van der Waals surface area contributed by atoms with Gasteiger partial charge in [0.15, 0.2) is 5.79 Å². The molecule has 1 unspecified atom stereocenters. The van der Waals surface area contributed by atoms with E-state index in [9.17, 15) is 30.5 Å². The van der Waals surface area contributed by atoms with Crippen LogP contribution in [0.25, 0.3) is 0 Å². The highest BCUT2D eigenvalue weighted by Crippen LogP contribution is 2.59. The van der Waals surface area contributed by atoms with E-state index >= 15 is 0 Å². The second kappa shape index (κ2) is 15.6. The molecule has 0 amide bonds. The summed E-state index contributed by atoms with van der Waals surface area (Å²) >= 11 is 0. The van der Waals surface area contributed by atoms with Crippen molar-refractivity contribution in [2.45, 2.75) is 47.0 Å². The average molecular weight is 770 g/mol. The van der Waals surface area contributed by atoms with E-state index < -0.39 is 51.9 Å². The van der Waals surface area contributed by atoms with Crippen LogP contribution in [0.1, 0.15) is 38.9 Å². The molecule has 1 aliphatic rings. The molecule has 8 nitrogen and oxygen atoms in total. The fourth-order valence-electron chi connectivity index (χ4n) is 9.45. The molecular formula is C50H43NO7. The van der Waals surface area contributed by atoms with Gasteiger partial charge in [-0.1, -0.05) is 200 Å². The summed E-state index contributed by atoms with van der Waals surface area (Å²) in [5.74, 6) is -2.69. The van der Waals surface area contributed by atoms with Crippen molar-refractivity contribution in [1.82, 2.24) is 0 Å². The van der Waals surface area contributed by atoms with Gasteiger partial charge in [0.05, 0.1) is 15.8 Å². The highest BCUT2D eigenvalue weighted by atomic mass is 16.7. The standard InChI is InChI=1S/C50H43NO7/c52-44(48(37-22-7-1-8-23-37,38-24-9-2-10-25-38)39-26-11-3-12-27-39)45-50(55,46(53)47(54,58-45)35-36-21-19-20-34-43(36)51(56)57)49(40-28-13-4-14-29-40,41-30-15-5-16-31-41)42-32-17-6-18-33-42/h1-34,44-46,52-55H,35H2/t44?,45-,46+,47+,50-/m1/s1. The number of benzene rings is 7. The van der Waals surface area contributed by atoms with Crippen LogP contribution in [0, 0.1) is 10.1 Å². The van der Waals surface area contributed by atoms with Gasteiger partial charge < -0.3 is 25.2 Å². The van der Waals surface area contributed by atoms with E-state index in [1.807, 2.05) is 182 Å². The lowest BCUT2D eigenvalue weighted by Crippen LogP contribution is -2.69. The number of ether oxygens (including phenoxy) is 1. The van der Waals surface area contributed by atoms with Gasteiger partial charge in [-0.15, -0.1) is 0 Å². The van der Waals surface area contributed by atoms with Crippen LogP contribution in [0.3, 0.4) is 0 Å². The van der Waals surface area contributed by atoms with Crippen molar-refractivity contribution >= 4 is 5.69 Å². The van der Waals surface area contributed by atoms with E-state index in [1.54, 1.807) is 6.07 Å². The highest BCUT2D eigenvalue weighted by molar-refractivity contribution is 5.59. The average Bonchev–Trinajstić information content (AvgIpc) is 3.48. The van der Waals surface area contributed by atoms with Gasteiger partial charge in [0.1, 0.15) is 23.9 Å². The van der Waals surface area contributed by atoms with E-state index in [0.29, 0.717) is 33.4 Å². The Bertz CT molecular complexity index is 2260. The summed E-state index contributed by atoms with van der Waals surface area (Å²) < 4.78 is 6.80. The van der Waals surface area contributed by atoms with Gasteiger partial charge in [-0.25, -0.2) is 0 Å². The zero-order valence-electron chi connectivity index (χ0n) is 31.5. The van der Waals surface area contributed by atoms with Gasteiger partial charge >= 0.3 is 0 Å². The molecule has 58 heavy (non-hydrogen) atoms. The molecule has 290 valence electrons. The summed E-state index contributed by atoms with van der Waals surface area (Å²) in [6.07, 6.45) is -6.36. The Balaban J connectivity index is 1.50. The van der Waals surface area contributed by atoms with Gasteiger partial charge in [-0.2, -0.15) is 0 Å². The van der Waals surface area contributed by atoms with Crippen LogP contribution in [-0.4, -0.2) is 55.0 Å². The highest BCUT2D eigenvalue weighted by Gasteiger charge is 2.75. The minimum Gasteiger partial charge on any atom is -0.389 e. The number of nitro groups is 1. The molecule has 0 bridgehead atoms. The third kappa shape index (κ3) is 6.05. The maximum Gasteiger partial charge on any atom is 0.272 e. The third-order valence-corrected chi connectivity index (χ3v) is 11.9. The minimum absolute atomic E-state index is 0.0664. The molecule has 1 fully saturated rings. The van der Waals surface area contributed by atoms with Crippen LogP contribution in [0.4, 0.5) is 5.69 Å². The summed E-state index contributed by atoms with van der Waals surface area (Å²) in [5, 5.41) is 66.7. The molecule has 7 aromatic carbocycles. The molecule has 5 atom stereocenters. The third-order valence-electron chi connectivity index (χ3n) is 11.9. The Hall–Kier alpha value is -6.26. The van der Waals surface area contributed by atoms with E-state index in [2.05, 4.69) is 0 Å². The monoisotopic (exact) mass is 769 g/mol. The number of aliphatic hydroxyl groups excluding tert-OH is 2. The Morgan fingerprint density at radius 3 is 1.24 bits per heavy atom. The summed E-state index contributed by atoms with van der Waals surface area (Å²) in [6, 6.07) is 61.6. The Morgan fingerprint density at radius 2 is 0.879 bits per heavy atom. The van der Waals surface area contributed by atoms with Gasteiger partial charge in [-0.05, 0) is 33.4 Å². The Kier molecular flexibility index (Phi) is 10.4. The number of rotatable bonds is 12. The van der Waals surface area contributed by atoms with Gasteiger partial charge in [0, 0.05) is 18.1 Å². The molecule has 4 N–H and O–H groups in total. The fraction of sp³-hybridized carbons (Fsp3) is 0.160. The van der Waals surface area contributed by atoms with Crippen LogP contribution < -0.4 is 0 Å². The molecule has 1 saturated heterocycles. The van der Waals surface area contributed by atoms with Gasteiger partial charge in [-0.3, -0.25) is 10.1 Å². The van der Waals surface area contributed by atoms with Crippen molar-refractivity contribution < 1.29 is 30.1 Å². The number of para-hydroxylation sites is 1. The molecule has 0 radical (unpaired) electrons. The molecule has 1 heterocycles. The molecule has 8 heteroatoms. The van der Waals surface area contributed by atoms with Crippen LogP contribution in [0.15, 0.2) is 206 Å². The van der Waals surface area contributed by atoms with Crippen molar-refractivity contribution in [3.63, 3.8) is 0 Å². The summed E-state index contributed by atoms with van der Waals surface area (Å²) in [7, 11) is 0. The van der Waals surface area contributed by atoms with Crippen molar-refractivity contribution in [2.75, 3.05) is 0 Å². The summed E-state index contributed by atoms with van der Waals surface area (Å²) in [5.41, 5.74) is -2.55. The normalized spacial score (nSPS) is 21.3. The first kappa shape index (κ1) is 38.6. The molecule has 1 aliphatic heterocycles. The van der Waals surface area contributed by atoms with Crippen LogP contribution in [0.5, 0.6) is 0 Å². The van der Waals surface area contributed by atoms with Crippen molar-refractivity contribution in [1.29, 1.82) is 0 Å². The first-order chi connectivity index (χ1) is 28.2. The zero-order valence-corrected chi connectivity index (χ0v) is 31.5. The SMILES string of the molecule is O=[N+]([O-])c1ccccc1C[C@]1(O)O[C@H](C(O)C(c2ccccc2)(c2ccccc2)c2ccccc2)[C@](O)(C(c2ccccc2)(c2ccccc2)c2ccccc2)[C@H]1O. The summed E-state index contributed by atoms with van der Waals surface area (Å²) in [6.45, 7) is 0. The molecule has 0 spiro atoms. The largest absolute Gasteiger partial charge is 0.389 e. The van der Waals surface area contributed by atoms with Crippen LogP contribution >= 0.6 is 0 Å². The quantitative estimate of drug-likeness (QED) is 0.0568. The second-order valence-corrected chi connectivity index (χ2v) is 14.9. The van der Waals surface area contributed by atoms with Gasteiger partial charge in [0.2, 0.25) is 0 Å². The lowest BCUT2D eigenvalue weighted by Gasteiger charge is -2.53. The number of hydrogen-bond donors (Lipinski definition) is 4. The van der Waals surface area contributed by atoms with Crippen LogP contribution in [0.2, 0.25) is 0 Å². The van der Waals surface area contributed by atoms with E-state index in [-0.39, 0.29) is 11.3 Å². The van der Waals surface area contributed by atoms with Crippen molar-refractivity contribution in [3.8, 4) is 0 Å². The molecule has 0 aliphatic carbocycles. The minimum atomic E-state index is -2.69. The van der Waals surface area contributed by atoms with Gasteiger partial charge in [0.25, 0.3) is 5.69 Å². The Morgan fingerprint density at radius 1 is 0.552 bits per heavy atom. The summed E-state index contributed by atoms with van der Waals surface area (Å²) in [4.78, 5) is 11.8. The van der Waals surface area contributed by atoms with Crippen molar-refractivity contribution in [2.24, 2.45) is 0 Å². The number of aliphatic hydroxyl groups is 4. The smallest absolute Gasteiger partial charge is 0.272 e. The van der Waals surface area contributed by atoms with Crippen LogP contribution in [-0.2, 0) is 22.0 Å². The topological polar surface area (TPSA) is 133 Å². The second-order valence-electron chi connectivity index (χ2n) is 14.9. The molecule has 0 saturated carbocycles. The molecule has 0 aromatic heterocycles. The molecule has 8 rings (SSSR count). The van der Waals surface area contributed by atoms with E-state index in [1.165, 1.54) is 18.2 Å². The Labute approximate surface area is 337 Å². The maximum atomic E-state index is 14.4. The molecular weight excluding hydrogens is 727 g/mol. The fourth-order valence-corrected chi connectivity index (χ4v) is 9.45. The number of nitrogens with zero attached hydrogens (tertiary/aromatic N) is 1. The zero-order chi connectivity index (χ0) is 40.4. The first-order valence-electron chi connectivity index (χ1n) is 19.2. The van der Waals surface area contributed by atoms with E-state index in [0.717, 1.165) is 0 Å². The first-order valence-corrected chi connectivity index (χ1v) is 19.2. The predicted octanol–water partition coefficient (Wildman–Crippen LogP) is 7.75. The number of hydrogen-bond acceptors (Lipinski definition) is 7. The molecule has 7 aromatic rings. The lowest BCUT2D eigenvalue weighted by atomic mass is 9.53. The maximum absolute atomic E-state index is 14.4. The lowest BCUT2D eigenvalue weighted by molar-refractivity contribution is -0.386. The predicted molar refractivity (Wildman–Crippen MR) is 222 cm³/mol.